The number of carboxylic acid groups (broad SMARTS) is 1. The lowest BCUT2D eigenvalue weighted by Gasteiger charge is -2.18. The molecule has 0 aromatic carbocycles. The van der Waals surface area contributed by atoms with Gasteiger partial charge in [-0.15, -0.1) is 0 Å². The molecule has 0 spiro atoms. The summed E-state index contributed by atoms with van der Waals surface area (Å²) < 4.78 is 13.7. The predicted molar refractivity (Wildman–Crippen MR) is 73.1 cm³/mol. The number of primary amides is 1. The van der Waals surface area contributed by atoms with Crippen molar-refractivity contribution in [1.82, 2.24) is 9.62 Å². The molecule has 7 nitrogen and oxygen atoms in total. The van der Waals surface area contributed by atoms with E-state index >= 15 is 0 Å². The number of aliphatic carboxylic acids is 1. The van der Waals surface area contributed by atoms with E-state index in [0.717, 1.165) is 11.9 Å². The van der Waals surface area contributed by atoms with E-state index in [9.17, 15) is 18.8 Å². The van der Waals surface area contributed by atoms with Crippen LogP contribution in [0.4, 0.5) is 4.39 Å². The normalized spacial score (nSPS) is 11.9. The highest BCUT2D eigenvalue weighted by Gasteiger charge is 2.16. The van der Waals surface area contributed by atoms with Gasteiger partial charge in [-0.05, 0) is 25.4 Å². The van der Waals surface area contributed by atoms with Gasteiger partial charge in [-0.1, -0.05) is 0 Å². The summed E-state index contributed by atoms with van der Waals surface area (Å²) in [5.74, 6) is -1.80. The first-order chi connectivity index (χ1) is 9.40. The number of carboxylic acids is 1. The molecule has 0 aliphatic rings. The molecular formula is C11H18FN3O4S. The summed E-state index contributed by atoms with van der Waals surface area (Å²) in [6.07, 6.45) is 0.0117. The van der Waals surface area contributed by atoms with Crippen LogP contribution in [0.5, 0.6) is 0 Å². The fraction of sp³-hybridized carbons (Fsp3) is 0.545. The zero-order valence-corrected chi connectivity index (χ0v) is 11.9. The monoisotopic (exact) mass is 307 g/mol. The minimum atomic E-state index is -1.11. The molecule has 2 amide bonds. The van der Waals surface area contributed by atoms with Crippen molar-refractivity contribution in [3.8, 4) is 0 Å². The van der Waals surface area contributed by atoms with Crippen LogP contribution in [-0.2, 0) is 14.4 Å². The lowest BCUT2D eigenvalue weighted by molar-refractivity contribution is -0.136. The molecule has 0 heterocycles. The minimum Gasteiger partial charge on any atom is -0.481 e. The number of hydrogen-bond acceptors (Lipinski definition) is 5. The van der Waals surface area contributed by atoms with Gasteiger partial charge in [0.15, 0.2) is 0 Å². The third-order valence-corrected chi connectivity index (χ3v) is 3.21. The number of nitrogens with two attached hydrogens (primary N) is 1. The van der Waals surface area contributed by atoms with E-state index in [1.54, 1.807) is 11.4 Å². The third-order valence-electron chi connectivity index (χ3n) is 2.11. The maximum absolute atomic E-state index is 12.1. The van der Waals surface area contributed by atoms with Crippen molar-refractivity contribution in [3.63, 3.8) is 0 Å². The molecule has 4 N–H and O–H groups in total. The molecule has 9 heteroatoms. The first-order valence-electron chi connectivity index (χ1n) is 5.78. The predicted octanol–water partition coefficient (Wildman–Crippen LogP) is 0.234. The molecule has 0 radical (unpaired) electrons. The van der Waals surface area contributed by atoms with Crippen LogP contribution < -0.4 is 11.1 Å². The smallest absolute Gasteiger partial charge is 0.308 e. The molecule has 0 aliphatic heterocycles. The minimum absolute atomic E-state index is 0.145. The maximum Gasteiger partial charge on any atom is 0.308 e. The molecule has 0 bridgehead atoms. The van der Waals surface area contributed by atoms with Crippen LogP contribution in [-0.4, -0.2) is 48.0 Å². The summed E-state index contributed by atoms with van der Waals surface area (Å²) in [6, 6.07) is 0. The number of hydrogen-bond donors (Lipinski definition) is 3. The van der Waals surface area contributed by atoms with Gasteiger partial charge in [0.25, 0.3) is 0 Å². The molecule has 0 aliphatic carbocycles. The highest BCUT2D eigenvalue weighted by molar-refractivity contribution is 8.00. The lowest BCUT2D eigenvalue weighted by atomic mass is 10.2. The van der Waals surface area contributed by atoms with Crippen LogP contribution in [0.2, 0.25) is 0 Å². The van der Waals surface area contributed by atoms with E-state index in [0.29, 0.717) is 19.4 Å². The first kappa shape index (κ1) is 18.4. The number of carbonyl (C=O) groups excluding carboxylic acids is 2. The van der Waals surface area contributed by atoms with Gasteiger partial charge >= 0.3 is 5.97 Å². The number of nitrogens with one attached hydrogen (secondary N) is 1. The molecule has 20 heavy (non-hydrogen) atoms. The second-order valence-corrected chi connectivity index (χ2v) is 5.16. The Morgan fingerprint density at radius 2 is 2.10 bits per heavy atom. The summed E-state index contributed by atoms with van der Waals surface area (Å²) in [6.45, 7) is -0.0845. The zero-order valence-electron chi connectivity index (χ0n) is 11.1. The van der Waals surface area contributed by atoms with E-state index in [1.165, 1.54) is 0 Å². The zero-order chi connectivity index (χ0) is 15.5. The van der Waals surface area contributed by atoms with Gasteiger partial charge in [0, 0.05) is 17.1 Å². The largest absolute Gasteiger partial charge is 0.481 e. The molecule has 0 unspecified atom stereocenters. The number of amides is 2. The van der Waals surface area contributed by atoms with Crippen molar-refractivity contribution < 1.29 is 23.9 Å². The molecule has 0 aromatic rings. The van der Waals surface area contributed by atoms with Crippen molar-refractivity contribution in [2.45, 2.75) is 19.3 Å². The second kappa shape index (κ2) is 10.2. The molecule has 114 valence electrons. The molecule has 0 saturated carbocycles. The Hall–Kier alpha value is -1.61. The highest BCUT2D eigenvalue weighted by atomic mass is 32.2. The Morgan fingerprint density at radius 1 is 1.45 bits per heavy atom. The maximum atomic E-state index is 12.1. The van der Waals surface area contributed by atoms with Crippen LogP contribution in [0.3, 0.4) is 0 Å². The van der Waals surface area contributed by atoms with E-state index in [2.05, 4.69) is 5.32 Å². The average Bonchev–Trinajstić information content (AvgIpc) is 2.34. The van der Waals surface area contributed by atoms with E-state index in [1.807, 2.05) is 0 Å². The van der Waals surface area contributed by atoms with Crippen molar-refractivity contribution in [1.29, 1.82) is 0 Å². The fourth-order valence-electron chi connectivity index (χ4n) is 1.32. The molecule has 0 fully saturated rings. The van der Waals surface area contributed by atoms with E-state index in [4.69, 9.17) is 10.8 Å². The lowest BCUT2D eigenvalue weighted by Crippen LogP contribution is -2.22. The SMILES string of the molecule is CN(CCCF)S/C(CC(=O)O)=C(/CC(N)=O)NC=O. The Kier molecular flexibility index (Phi) is 9.39. The van der Waals surface area contributed by atoms with Gasteiger partial charge in [-0.25, -0.2) is 4.31 Å². The summed E-state index contributed by atoms with van der Waals surface area (Å²) in [7, 11) is 1.66. The molecule has 0 aromatic heterocycles. The van der Waals surface area contributed by atoms with Gasteiger partial charge < -0.3 is 16.2 Å². The van der Waals surface area contributed by atoms with Gasteiger partial charge in [0.2, 0.25) is 12.3 Å². The molecule has 0 saturated heterocycles. The van der Waals surface area contributed by atoms with E-state index < -0.39 is 18.6 Å². The fourth-order valence-corrected chi connectivity index (χ4v) is 2.35. The standard InChI is InChI=1S/C11H18FN3O4S/c1-15(4-2-3-12)20-9(6-11(18)19)8(14-7-16)5-10(13)17/h7H,2-6H2,1H3,(H2,13,17)(H,14,16)(H,18,19)/b9-8-. The van der Waals surface area contributed by atoms with Crippen molar-refractivity contribution in [3.05, 3.63) is 10.6 Å². The van der Waals surface area contributed by atoms with Crippen LogP contribution in [0.25, 0.3) is 0 Å². The molecule has 0 atom stereocenters. The average molecular weight is 307 g/mol. The summed E-state index contributed by atoms with van der Waals surface area (Å²) >= 11 is 1.04. The van der Waals surface area contributed by atoms with Gasteiger partial charge in [-0.2, -0.15) is 0 Å². The number of nitrogens with zero attached hydrogens (tertiary/aromatic N) is 1. The van der Waals surface area contributed by atoms with Gasteiger partial charge in [0.05, 0.1) is 19.5 Å². The number of rotatable bonds is 11. The Morgan fingerprint density at radius 3 is 2.55 bits per heavy atom. The Labute approximate surface area is 120 Å². The highest BCUT2D eigenvalue weighted by Crippen LogP contribution is 2.26. The molecule has 0 rings (SSSR count). The second-order valence-electron chi connectivity index (χ2n) is 3.86. The summed E-state index contributed by atoms with van der Waals surface area (Å²) in [4.78, 5) is 32.6. The van der Waals surface area contributed by atoms with Crippen molar-refractivity contribution >= 4 is 30.2 Å². The van der Waals surface area contributed by atoms with Gasteiger partial charge in [0.1, 0.15) is 0 Å². The van der Waals surface area contributed by atoms with Crippen LogP contribution >= 0.6 is 11.9 Å². The Bertz CT molecular complexity index is 390. The molecular weight excluding hydrogens is 289 g/mol. The first-order valence-corrected chi connectivity index (χ1v) is 6.55. The van der Waals surface area contributed by atoms with Crippen LogP contribution in [0.1, 0.15) is 19.3 Å². The van der Waals surface area contributed by atoms with Gasteiger partial charge in [-0.3, -0.25) is 18.8 Å². The quantitative estimate of drug-likeness (QED) is 0.372. The third kappa shape index (κ3) is 8.48. The number of carbonyl (C=O) groups is 3. The van der Waals surface area contributed by atoms with Crippen molar-refractivity contribution in [2.24, 2.45) is 5.73 Å². The summed E-state index contributed by atoms with van der Waals surface area (Å²) in [5, 5.41) is 11.2. The number of alkyl halides is 1. The van der Waals surface area contributed by atoms with Crippen LogP contribution in [0.15, 0.2) is 10.6 Å². The number of halogens is 1. The Balaban J connectivity index is 5.07. The van der Waals surface area contributed by atoms with Crippen LogP contribution in [0, 0.1) is 0 Å². The summed E-state index contributed by atoms with van der Waals surface area (Å²) in [5.41, 5.74) is 5.20. The van der Waals surface area contributed by atoms with E-state index in [-0.39, 0.29) is 23.4 Å². The van der Waals surface area contributed by atoms with Crippen molar-refractivity contribution in [2.75, 3.05) is 20.3 Å². The topological polar surface area (TPSA) is 113 Å².